The lowest BCUT2D eigenvalue weighted by atomic mass is 9.98. The van der Waals surface area contributed by atoms with Gasteiger partial charge in [0.2, 0.25) is 0 Å². The molecule has 0 radical (unpaired) electrons. The number of ketones is 1. The number of nitrogens with one attached hydrogen (secondary N) is 1. The largest absolute Gasteiger partial charge is 0.493 e. The molecule has 7 heteroatoms. The molecule has 0 bridgehead atoms. The second-order valence-electron chi connectivity index (χ2n) is 6.54. The maximum atomic E-state index is 13.0. The Morgan fingerprint density at radius 2 is 1.58 bits per heavy atom. The third-order valence-corrected chi connectivity index (χ3v) is 4.74. The summed E-state index contributed by atoms with van der Waals surface area (Å²) in [6, 6.07) is 18.3. The standard InChI is InChI=1S/C24H22ClNO5/c1-29-13-14-31-22-15-18(11-12-21(22)30-2)26-24(28)20-6-4-3-5-19(20)23(27)16-7-9-17(25)10-8-16/h3-12,15H,13-14H2,1-2H3,(H,26,28). The van der Waals surface area contributed by atoms with E-state index in [1.807, 2.05) is 0 Å². The van der Waals surface area contributed by atoms with Gasteiger partial charge in [0, 0.05) is 35.0 Å². The third-order valence-electron chi connectivity index (χ3n) is 4.49. The Hall–Kier alpha value is -3.35. The Balaban J connectivity index is 1.83. The molecule has 0 aromatic heterocycles. The first-order valence-electron chi connectivity index (χ1n) is 9.54. The Labute approximate surface area is 185 Å². The number of benzene rings is 3. The van der Waals surface area contributed by atoms with Crippen molar-refractivity contribution in [3.8, 4) is 11.5 Å². The van der Waals surface area contributed by atoms with Gasteiger partial charge in [-0.05, 0) is 42.5 Å². The molecule has 1 amide bonds. The number of halogens is 1. The number of hydrogen-bond donors (Lipinski definition) is 1. The number of anilines is 1. The zero-order chi connectivity index (χ0) is 22.2. The summed E-state index contributed by atoms with van der Waals surface area (Å²) in [5, 5.41) is 3.35. The Kier molecular flexibility index (Phi) is 7.65. The molecule has 6 nitrogen and oxygen atoms in total. The van der Waals surface area contributed by atoms with Crippen LogP contribution in [0.5, 0.6) is 11.5 Å². The number of carbonyl (C=O) groups excluding carboxylic acids is 2. The summed E-state index contributed by atoms with van der Waals surface area (Å²) >= 11 is 5.91. The predicted octanol–water partition coefficient (Wildman–Crippen LogP) is 4.86. The highest BCUT2D eigenvalue weighted by molar-refractivity contribution is 6.30. The summed E-state index contributed by atoms with van der Waals surface area (Å²) in [7, 11) is 3.12. The maximum Gasteiger partial charge on any atom is 0.256 e. The fraction of sp³-hybridized carbons (Fsp3) is 0.167. The van der Waals surface area contributed by atoms with E-state index in [4.69, 9.17) is 25.8 Å². The third kappa shape index (κ3) is 5.63. The highest BCUT2D eigenvalue weighted by Crippen LogP contribution is 2.30. The van der Waals surface area contributed by atoms with Crippen LogP contribution in [0, 0.1) is 0 Å². The van der Waals surface area contributed by atoms with Gasteiger partial charge in [0.15, 0.2) is 17.3 Å². The smallest absolute Gasteiger partial charge is 0.256 e. The van der Waals surface area contributed by atoms with Crippen LogP contribution in [-0.2, 0) is 4.74 Å². The molecule has 3 aromatic rings. The molecular formula is C24H22ClNO5. The average Bonchev–Trinajstić information content (AvgIpc) is 2.79. The molecule has 0 atom stereocenters. The number of carbonyl (C=O) groups is 2. The van der Waals surface area contributed by atoms with E-state index in [1.165, 1.54) is 7.11 Å². The summed E-state index contributed by atoms with van der Waals surface area (Å²) in [6.07, 6.45) is 0. The van der Waals surface area contributed by atoms with Gasteiger partial charge in [-0.3, -0.25) is 9.59 Å². The lowest BCUT2D eigenvalue weighted by Crippen LogP contribution is -2.17. The zero-order valence-corrected chi connectivity index (χ0v) is 17.9. The Morgan fingerprint density at radius 3 is 2.26 bits per heavy atom. The van der Waals surface area contributed by atoms with Crippen molar-refractivity contribution >= 4 is 29.0 Å². The molecule has 0 aliphatic rings. The van der Waals surface area contributed by atoms with Gasteiger partial charge < -0.3 is 19.5 Å². The summed E-state index contributed by atoms with van der Waals surface area (Å²) < 4.78 is 15.9. The van der Waals surface area contributed by atoms with E-state index in [2.05, 4.69) is 5.32 Å². The molecule has 0 spiro atoms. The minimum Gasteiger partial charge on any atom is -0.493 e. The normalized spacial score (nSPS) is 10.4. The van der Waals surface area contributed by atoms with E-state index in [0.717, 1.165) is 0 Å². The summed E-state index contributed by atoms with van der Waals surface area (Å²) in [6.45, 7) is 0.753. The van der Waals surface area contributed by atoms with Crippen LogP contribution in [0.1, 0.15) is 26.3 Å². The minimum atomic E-state index is -0.411. The van der Waals surface area contributed by atoms with Gasteiger partial charge in [0.25, 0.3) is 5.91 Å². The average molecular weight is 440 g/mol. The summed E-state index contributed by atoms with van der Waals surface area (Å²) in [5.74, 6) is 0.335. The molecule has 0 saturated carbocycles. The van der Waals surface area contributed by atoms with Gasteiger partial charge >= 0.3 is 0 Å². The molecule has 0 heterocycles. The van der Waals surface area contributed by atoms with Crippen LogP contribution in [0.15, 0.2) is 66.7 Å². The van der Waals surface area contributed by atoms with Crippen LogP contribution in [0.25, 0.3) is 0 Å². The van der Waals surface area contributed by atoms with Crippen molar-refractivity contribution in [3.63, 3.8) is 0 Å². The van der Waals surface area contributed by atoms with E-state index >= 15 is 0 Å². The van der Waals surface area contributed by atoms with Gasteiger partial charge in [0.1, 0.15) is 6.61 Å². The zero-order valence-electron chi connectivity index (χ0n) is 17.2. The van der Waals surface area contributed by atoms with Crippen LogP contribution in [0.2, 0.25) is 5.02 Å². The predicted molar refractivity (Wildman–Crippen MR) is 120 cm³/mol. The van der Waals surface area contributed by atoms with E-state index in [9.17, 15) is 9.59 Å². The van der Waals surface area contributed by atoms with Crippen LogP contribution in [0.3, 0.4) is 0 Å². The fourth-order valence-electron chi connectivity index (χ4n) is 2.94. The Morgan fingerprint density at radius 1 is 0.871 bits per heavy atom. The first-order valence-corrected chi connectivity index (χ1v) is 9.91. The number of rotatable bonds is 9. The van der Waals surface area contributed by atoms with E-state index in [0.29, 0.717) is 46.5 Å². The van der Waals surface area contributed by atoms with Gasteiger partial charge in [-0.15, -0.1) is 0 Å². The lowest BCUT2D eigenvalue weighted by molar-refractivity contribution is 0.0996. The molecule has 0 aliphatic carbocycles. The second-order valence-corrected chi connectivity index (χ2v) is 6.98. The van der Waals surface area contributed by atoms with E-state index in [1.54, 1.807) is 73.8 Å². The molecule has 31 heavy (non-hydrogen) atoms. The first-order chi connectivity index (χ1) is 15.0. The quantitative estimate of drug-likeness (QED) is 0.381. The van der Waals surface area contributed by atoms with Crippen molar-refractivity contribution < 1.29 is 23.8 Å². The lowest BCUT2D eigenvalue weighted by Gasteiger charge is -2.14. The van der Waals surface area contributed by atoms with Crippen LogP contribution < -0.4 is 14.8 Å². The number of ether oxygens (including phenoxy) is 3. The molecule has 0 unspecified atom stereocenters. The Bertz CT molecular complexity index is 1070. The minimum absolute atomic E-state index is 0.263. The van der Waals surface area contributed by atoms with Crippen molar-refractivity contribution in [1.82, 2.24) is 0 Å². The summed E-state index contributed by atoms with van der Waals surface area (Å²) in [4.78, 5) is 25.9. The molecule has 1 N–H and O–H groups in total. The van der Waals surface area contributed by atoms with E-state index in [-0.39, 0.29) is 11.3 Å². The summed E-state index contributed by atoms with van der Waals surface area (Å²) in [5.41, 5.74) is 1.52. The van der Waals surface area contributed by atoms with Crippen molar-refractivity contribution in [2.24, 2.45) is 0 Å². The molecule has 3 aromatic carbocycles. The van der Waals surface area contributed by atoms with Gasteiger partial charge in [-0.25, -0.2) is 0 Å². The van der Waals surface area contributed by atoms with Crippen molar-refractivity contribution in [2.75, 3.05) is 32.8 Å². The highest BCUT2D eigenvalue weighted by Gasteiger charge is 2.19. The SMILES string of the molecule is COCCOc1cc(NC(=O)c2ccccc2C(=O)c2ccc(Cl)cc2)ccc1OC. The molecule has 160 valence electrons. The van der Waals surface area contributed by atoms with Crippen LogP contribution >= 0.6 is 11.6 Å². The maximum absolute atomic E-state index is 13.0. The molecular weight excluding hydrogens is 418 g/mol. The number of methoxy groups -OCH3 is 2. The van der Waals surface area contributed by atoms with E-state index < -0.39 is 5.91 Å². The van der Waals surface area contributed by atoms with Crippen molar-refractivity contribution in [3.05, 3.63) is 88.4 Å². The molecule has 3 rings (SSSR count). The van der Waals surface area contributed by atoms with Crippen LogP contribution in [0.4, 0.5) is 5.69 Å². The van der Waals surface area contributed by atoms with Gasteiger partial charge in [0.05, 0.1) is 19.3 Å². The van der Waals surface area contributed by atoms with Crippen molar-refractivity contribution in [2.45, 2.75) is 0 Å². The first kappa shape index (κ1) is 22.3. The molecule has 0 saturated heterocycles. The number of hydrogen-bond acceptors (Lipinski definition) is 5. The van der Waals surface area contributed by atoms with Gasteiger partial charge in [-0.1, -0.05) is 29.8 Å². The number of amides is 1. The second kappa shape index (κ2) is 10.6. The monoisotopic (exact) mass is 439 g/mol. The fourth-order valence-corrected chi connectivity index (χ4v) is 3.06. The molecule has 0 aliphatic heterocycles. The van der Waals surface area contributed by atoms with Gasteiger partial charge in [-0.2, -0.15) is 0 Å². The highest BCUT2D eigenvalue weighted by atomic mass is 35.5. The topological polar surface area (TPSA) is 73.9 Å². The molecule has 0 fully saturated rings. The van der Waals surface area contributed by atoms with Crippen LogP contribution in [-0.4, -0.2) is 39.1 Å². The van der Waals surface area contributed by atoms with Crippen molar-refractivity contribution in [1.29, 1.82) is 0 Å².